The van der Waals surface area contributed by atoms with Gasteiger partial charge in [0.15, 0.2) is 5.78 Å². The summed E-state index contributed by atoms with van der Waals surface area (Å²) >= 11 is 0. The topological polar surface area (TPSA) is 46.1 Å². The number of hydrogen-bond acceptors (Lipinski definition) is 4. The van der Waals surface area contributed by atoms with Gasteiger partial charge in [-0.05, 0) is 26.3 Å². The number of aryl methyl sites for hydroxylation is 1. The highest BCUT2D eigenvalue weighted by atomic mass is 16.1. The van der Waals surface area contributed by atoms with Crippen LogP contribution >= 0.6 is 0 Å². The SMILES string of the molecule is Cc1cnc(CN2CCC[C@@H]2CC(=O)c2ccccc2)cn1. The predicted octanol–water partition coefficient (Wildman–Crippen LogP) is 3.02. The Hall–Kier alpha value is -2.07. The van der Waals surface area contributed by atoms with Crippen molar-refractivity contribution >= 4 is 5.78 Å². The number of hydrogen-bond donors (Lipinski definition) is 0. The molecule has 1 saturated heterocycles. The maximum Gasteiger partial charge on any atom is 0.164 e. The van der Waals surface area contributed by atoms with E-state index in [1.807, 2.05) is 43.5 Å². The molecular formula is C18H21N3O. The average Bonchev–Trinajstić information content (AvgIpc) is 2.97. The molecule has 0 N–H and O–H groups in total. The largest absolute Gasteiger partial charge is 0.294 e. The monoisotopic (exact) mass is 295 g/mol. The van der Waals surface area contributed by atoms with Crippen LogP contribution in [0.2, 0.25) is 0 Å². The van der Waals surface area contributed by atoms with Gasteiger partial charge in [0, 0.05) is 37.0 Å². The van der Waals surface area contributed by atoms with Gasteiger partial charge in [0.05, 0.1) is 11.4 Å². The number of carbonyl (C=O) groups is 1. The van der Waals surface area contributed by atoms with Crippen molar-refractivity contribution in [2.24, 2.45) is 0 Å². The molecule has 1 aromatic carbocycles. The van der Waals surface area contributed by atoms with E-state index in [0.717, 1.165) is 42.9 Å². The first-order valence-electron chi connectivity index (χ1n) is 7.82. The predicted molar refractivity (Wildman–Crippen MR) is 85.6 cm³/mol. The summed E-state index contributed by atoms with van der Waals surface area (Å²) < 4.78 is 0. The minimum absolute atomic E-state index is 0.229. The molecule has 114 valence electrons. The highest BCUT2D eigenvalue weighted by Crippen LogP contribution is 2.23. The van der Waals surface area contributed by atoms with Crippen LogP contribution < -0.4 is 0 Å². The van der Waals surface area contributed by atoms with Crippen molar-refractivity contribution in [3.05, 3.63) is 59.7 Å². The third-order valence-corrected chi connectivity index (χ3v) is 4.22. The molecule has 1 atom stereocenters. The van der Waals surface area contributed by atoms with Crippen LogP contribution in [0.5, 0.6) is 0 Å². The van der Waals surface area contributed by atoms with Crippen LogP contribution in [-0.2, 0) is 6.54 Å². The molecule has 0 aliphatic carbocycles. The first-order chi connectivity index (χ1) is 10.7. The lowest BCUT2D eigenvalue weighted by atomic mass is 10.0. The van der Waals surface area contributed by atoms with Gasteiger partial charge in [-0.25, -0.2) is 0 Å². The molecule has 0 spiro atoms. The maximum absolute atomic E-state index is 12.4. The van der Waals surface area contributed by atoms with Crippen LogP contribution in [-0.4, -0.2) is 33.2 Å². The molecule has 0 saturated carbocycles. The van der Waals surface area contributed by atoms with Crippen LogP contribution in [0.25, 0.3) is 0 Å². The second-order valence-corrected chi connectivity index (χ2v) is 5.91. The molecule has 0 unspecified atom stereocenters. The summed E-state index contributed by atoms with van der Waals surface area (Å²) in [4.78, 5) is 23.5. The standard InChI is InChI=1S/C18H21N3O/c1-14-11-20-16(12-19-14)13-21-9-5-8-17(21)10-18(22)15-6-3-2-4-7-15/h2-4,6-7,11-12,17H,5,8-10,13H2,1H3/t17-/m1/s1. The normalized spacial score (nSPS) is 18.5. The third-order valence-electron chi connectivity index (χ3n) is 4.22. The molecule has 1 aliphatic heterocycles. The van der Waals surface area contributed by atoms with Gasteiger partial charge >= 0.3 is 0 Å². The van der Waals surface area contributed by atoms with Crippen molar-refractivity contribution < 1.29 is 4.79 Å². The fourth-order valence-electron chi connectivity index (χ4n) is 3.00. The summed E-state index contributed by atoms with van der Waals surface area (Å²) in [5.41, 5.74) is 2.72. The summed E-state index contributed by atoms with van der Waals surface area (Å²) in [5, 5.41) is 0. The zero-order valence-corrected chi connectivity index (χ0v) is 12.9. The summed E-state index contributed by atoms with van der Waals surface area (Å²) in [6.45, 7) is 3.75. The molecule has 2 aromatic rings. The van der Waals surface area contributed by atoms with Crippen molar-refractivity contribution in [3.8, 4) is 0 Å². The molecule has 4 heteroatoms. The Balaban J connectivity index is 1.63. The molecule has 0 amide bonds. The fraction of sp³-hybridized carbons (Fsp3) is 0.389. The Kier molecular flexibility index (Phi) is 4.59. The number of aromatic nitrogens is 2. The molecule has 1 aromatic heterocycles. The van der Waals surface area contributed by atoms with Crippen molar-refractivity contribution in [2.45, 2.75) is 38.8 Å². The van der Waals surface area contributed by atoms with Crippen LogP contribution in [0, 0.1) is 6.92 Å². The quantitative estimate of drug-likeness (QED) is 0.795. The van der Waals surface area contributed by atoms with Gasteiger partial charge in [-0.3, -0.25) is 19.7 Å². The van der Waals surface area contributed by atoms with E-state index >= 15 is 0 Å². The zero-order chi connectivity index (χ0) is 15.4. The molecule has 4 nitrogen and oxygen atoms in total. The maximum atomic E-state index is 12.4. The van der Waals surface area contributed by atoms with Gasteiger partial charge in [-0.15, -0.1) is 0 Å². The van der Waals surface area contributed by atoms with Crippen molar-refractivity contribution in [1.82, 2.24) is 14.9 Å². The lowest BCUT2D eigenvalue weighted by Crippen LogP contribution is -2.31. The summed E-state index contributed by atoms with van der Waals surface area (Å²) in [6.07, 6.45) is 6.45. The highest BCUT2D eigenvalue weighted by Gasteiger charge is 2.27. The number of nitrogens with zero attached hydrogens (tertiary/aromatic N) is 3. The van der Waals surface area contributed by atoms with Crippen LogP contribution in [0.3, 0.4) is 0 Å². The molecular weight excluding hydrogens is 274 g/mol. The Morgan fingerprint density at radius 1 is 1.23 bits per heavy atom. The van der Waals surface area contributed by atoms with E-state index in [-0.39, 0.29) is 5.78 Å². The minimum atomic E-state index is 0.229. The van der Waals surface area contributed by atoms with Gasteiger partial charge in [0.2, 0.25) is 0 Å². The van der Waals surface area contributed by atoms with E-state index in [2.05, 4.69) is 14.9 Å². The molecule has 1 fully saturated rings. The summed E-state index contributed by atoms with van der Waals surface area (Å²) in [5.74, 6) is 0.229. The van der Waals surface area contributed by atoms with Crippen LogP contribution in [0.4, 0.5) is 0 Å². The van der Waals surface area contributed by atoms with Crippen molar-refractivity contribution in [2.75, 3.05) is 6.54 Å². The fourth-order valence-corrected chi connectivity index (χ4v) is 3.00. The van der Waals surface area contributed by atoms with Crippen LogP contribution in [0.1, 0.15) is 41.0 Å². The van der Waals surface area contributed by atoms with E-state index in [4.69, 9.17) is 0 Å². The number of Topliss-reactive ketones (excluding diaryl/α,β-unsaturated/α-hetero) is 1. The Morgan fingerprint density at radius 2 is 2.05 bits per heavy atom. The minimum Gasteiger partial charge on any atom is -0.294 e. The van der Waals surface area contributed by atoms with Gasteiger partial charge < -0.3 is 0 Å². The summed E-state index contributed by atoms with van der Waals surface area (Å²) in [7, 11) is 0. The lowest BCUT2D eigenvalue weighted by molar-refractivity contribution is 0.0938. The van der Waals surface area contributed by atoms with Gasteiger partial charge in [-0.1, -0.05) is 30.3 Å². The molecule has 2 heterocycles. The van der Waals surface area contributed by atoms with Gasteiger partial charge in [-0.2, -0.15) is 0 Å². The lowest BCUT2D eigenvalue weighted by Gasteiger charge is -2.23. The Labute approximate surface area is 131 Å². The number of likely N-dealkylation sites (tertiary alicyclic amines) is 1. The molecule has 3 rings (SSSR count). The Morgan fingerprint density at radius 3 is 2.77 bits per heavy atom. The molecule has 1 aliphatic rings. The van der Waals surface area contributed by atoms with Gasteiger partial charge in [0.1, 0.15) is 0 Å². The number of benzene rings is 1. The third kappa shape index (κ3) is 3.57. The smallest absolute Gasteiger partial charge is 0.164 e. The van der Waals surface area contributed by atoms with E-state index in [0.29, 0.717) is 12.5 Å². The molecule has 0 bridgehead atoms. The average molecular weight is 295 g/mol. The van der Waals surface area contributed by atoms with Gasteiger partial charge in [0.25, 0.3) is 0 Å². The highest BCUT2D eigenvalue weighted by molar-refractivity contribution is 5.96. The van der Waals surface area contributed by atoms with E-state index < -0.39 is 0 Å². The second-order valence-electron chi connectivity index (χ2n) is 5.91. The zero-order valence-electron chi connectivity index (χ0n) is 12.9. The number of carbonyl (C=O) groups excluding carboxylic acids is 1. The molecule has 0 radical (unpaired) electrons. The number of ketones is 1. The van der Waals surface area contributed by atoms with Crippen molar-refractivity contribution in [3.63, 3.8) is 0 Å². The van der Waals surface area contributed by atoms with E-state index in [9.17, 15) is 4.79 Å². The van der Waals surface area contributed by atoms with E-state index in [1.165, 1.54) is 0 Å². The summed E-state index contributed by atoms with van der Waals surface area (Å²) in [6, 6.07) is 9.88. The molecule has 22 heavy (non-hydrogen) atoms. The second kappa shape index (κ2) is 6.79. The first-order valence-corrected chi connectivity index (χ1v) is 7.82. The number of rotatable bonds is 5. The van der Waals surface area contributed by atoms with Crippen molar-refractivity contribution in [1.29, 1.82) is 0 Å². The Bertz CT molecular complexity index is 625. The first kappa shape index (κ1) is 14.9. The van der Waals surface area contributed by atoms with E-state index in [1.54, 1.807) is 6.20 Å². The van der Waals surface area contributed by atoms with Crippen LogP contribution in [0.15, 0.2) is 42.7 Å².